The van der Waals surface area contributed by atoms with Gasteiger partial charge in [0.25, 0.3) is 5.56 Å². The number of hydrogen-bond donors (Lipinski definition) is 3. The van der Waals surface area contributed by atoms with Crippen LogP contribution in [0, 0.1) is 6.92 Å². The minimum absolute atomic E-state index is 0.251. The molecule has 2 amide bonds. The van der Waals surface area contributed by atoms with Gasteiger partial charge in [-0.3, -0.25) is 15.4 Å². The molecule has 0 aliphatic heterocycles. The number of hydrogen-bond acceptors (Lipinski definition) is 4. The summed E-state index contributed by atoms with van der Waals surface area (Å²) in [4.78, 5) is 26.4. The maximum absolute atomic E-state index is 11.6. The minimum Gasteiger partial charge on any atom is -0.292 e. The van der Waals surface area contributed by atoms with Crippen molar-refractivity contribution in [3.63, 3.8) is 0 Å². The molecule has 0 aliphatic rings. The Morgan fingerprint density at radius 3 is 2.78 bits per heavy atom. The van der Waals surface area contributed by atoms with Crippen LogP contribution in [0.5, 0.6) is 0 Å². The number of aromatic amines is 1. The summed E-state index contributed by atoms with van der Waals surface area (Å²) in [6, 6.07) is 5.82. The molecule has 0 fully saturated rings. The van der Waals surface area contributed by atoms with Crippen LogP contribution in [0.1, 0.15) is 5.56 Å². The molecule has 0 aliphatic carbocycles. The van der Waals surface area contributed by atoms with Crippen LogP contribution in [0.25, 0.3) is 0 Å². The second kappa shape index (κ2) is 5.09. The molecule has 92 valence electrons. The predicted molar refractivity (Wildman–Crippen MR) is 66.5 cm³/mol. The molecule has 3 N–H and O–H groups in total. The highest BCUT2D eigenvalue weighted by Gasteiger charge is 2.05. The Labute approximate surface area is 102 Å². The molecule has 2 aromatic rings. The second-order valence-corrected chi connectivity index (χ2v) is 3.55. The van der Waals surface area contributed by atoms with Crippen molar-refractivity contribution in [2.24, 2.45) is 0 Å². The molecule has 0 radical (unpaired) electrons. The number of nitrogens with zero attached hydrogens (tertiary/aromatic N) is 2. The van der Waals surface area contributed by atoms with E-state index in [0.717, 1.165) is 5.56 Å². The van der Waals surface area contributed by atoms with Crippen LogP contribution in [-0.4, -0.2) is 21.2 Å². The number of urea groups is 1. The van der Waals surface area contributed by atoms with Gasteiger partial charge < -0.3 is 0 Å². The molecule has 0 saturated heterocycles. The van der Waals surface area contributed by atoms with Crippen molar-refractivity contribution < 1.29 is 4.79 Å². The number of amides is 2. The van der Waals surface area contributed by atoms with Crippen LogP contribution >= 0.6 is 0 Å². The fourth-order valence-corrected chi connectivity index (χ4v) is 1.29. The zero-order valence-electron chi connectivity index (χ0n) is 9.60. The van der Waals surface area contributed by atoms with Crippen molar-refractivity contribution >= 4 is 17.7 Å². The van der Waals surface area contributed by atoms with E-state index in [1.807, 2.05) is 13.0 Å². The van der Waals surface area contributed by atoms with Crippen molar-refractivity contribution in [3.05, 3.63) is 46.4 Å². The monoisotopic (exact) mass is 245 g/mol. The summed E-state index contributed by atoms with van der Waals surface area (Å²) in [7, 11) is 0. The maximum Gasteiger partial charge on any atom is 0.326 e. The fourth-order valence-electron chi connectivity index (χ4n) is 1.29. The summed E-state index contributed by atoms with van der Waals surface area (Å²) in [5.74, 6) is 0.722. The van der Waals surface area contributed by atoms with E-state index in [1.165, 1.54) is 12.1 Å². The Hall–Kier alpha value is -2.70. The van der Waals surface area contributed by atoms with E-state index < -0.39 is 6.03 Å². The Morgan fingerprint density at radius 2 is 2.11 bits per heavy atom. The molecular formula is C11H11N5O2. The Bertz CT molecular complexity index is 602. The van der Waals surface area contributed by atoms with E-state index in [9.17, 15) is 9.59 Å². The number of rotatable bonds is 2. The van der Waals surface area contributed by atoms with Crippen LogP contribution < -0.4 is 16.2 Å². The van der Waals surface area contributed by atoms with E-state index in [4.69, 9.17) is 0 Å². The normalized spacial score (nSPS) is 9.83. The smallest absolute Gasteiger partial charge is 0.292 e. The van der Waals surface area contributed by atoms with Gasteiger partial charge in [0.1, 0.15) is 5.82 Å². The summed E-state index contributed by atoms with van der Waals surface area (Å²) in [5, 5.41) is 10.9. The van der Waals surface area contributed by atoms with Crippen LogP contribution in [0.4, 0.5) is 16.4 Å². The zero-order chi connectivity index (χ0) is 13.0. The minimum atomic E-state index is -0.476. The van der Waals surface area contributed by atoms with Gasteiger partial charge in [0.05, 0.1) is 0 Å². The predicted octanol–water partition coefficient (Wildman–Crippen LogP) is 1.12. The first-order chi connectivity index (χ1) is 8.65. The highest BCUT2D eigenvalue weighted by atomic mass is 16.2. The van der Waals surface area contributed by atoms with Gasteiger partial charge in [-0.05, 0) is 24.6 Å². The van der Waals surface area contributed by atoms with Gasteiger partial charge in [-0.1, -0.05) is 6.07 Å². The average Bonchev–Trinajstić information content (AvgIpc) is 2.35. The topological polar surface area (TPSA) is 99.8 Å². The molecule has 0 saturated carbocycles. The standard InChI is InChI=1S/C11H11N5O2/c1-7-3-2-6-12-10(7)14-11(18)13-8-4-5-9(17)16-15-8/h2-6H,1H3,(H,16,17)(H2,12,13,14,15,18). The molecule has 7 heteroatoms. The molecule has 0 spiro atoms. The lowest BCUT2D eigenvalue weighted by atomic mass is 10.3. The van der Waals surface area contributed by atoms with Crippen molar-refractivity contribution in [1.29, 1.82) is 0 Å². The van der Waals surface area contributed by atoms with Crippen molar-refractivity contribution in [1.82, 2.24) is 15.2 Å². The molecule has 2 rings (SSSR count). The first-order valence-corrected chi connectivity index (χ1v) is 5.20. The van der Waals surface area contributed by atoms with Gasteiger partial charge in [0, 0.05) is 12.3 Å². The summed E-state index contributed by atoms with van der Waals surface area (Å²) < 4.78 is 0. The number of anilines is 2. The molecular weight excluding hydrogens is 234 g/mol. The lowest BCUT2D eigenvalue weighted by molar-refractivity contribution is 0.262. The maximum atomic E-state index is 11.6. The lowest BCUT2D eigenvalue weighted by Gasteiger charge is -2.07. The number of nitrogens with one attached hydrogen (secondary N) is 3. The van der Waals surface area contributed by atoms with Gasteiger partial charge >= 0.3 is 6.03 Å². The van der Waals surface area contributed by atoms with E-state index >= 15 is 0 Å². The molecule has 0 aromatic carbocycles. The number of carbonyl (C=O) groups is 1. The largest absolute Gasteiger partial charge is 0.326 e. The number of H-pyrrole nitrogens is 1. The third-order valence-corrected chi connectivity index (χ3v) is 2.16. The van der Waals surface area contributed by atoms with E-state index in [1.54, 1.807) is 12.3 Å². The third-order valence-electron chi connectivity index (χ3n) is 2.16. The molecule has 2 heterocycles. The van der Waals surface area contributed by atoms with Crippen molar-refractivity contribution in [2.45, 2.75) is 6.92 Å². The van der Waals surface area contributed by atoms with Gasteiger partial charge in [-0.15, -0.1) is 0 Å². The van der Waals surface area contributed by atoms with Crippen LogP contribution in [-0.2, 0) is 0 Å². The SMILES string of the molecule is Cc1cccnc1NC(=O)Nc1ccc(=O)[nH]n1. The van der Waals surface area contributed by atoms with E-state index in [-0.39, 0.29) is 11.4 Å². The zero-order valence-corrected chi connectivity index (χ0v) is 9.60. The molecule has 7 nitrogen and oxygen atoms in total. The quantitative estimate of drug-likeness (QED) is 0.738. The molecule has 0 bridgehead atoms. The molecule has 0 unspecified atom stereocenters. The second-order valence-electron chi connectivity index (χ2n) is 3.55. The summed E-state index contributed by atoms with van der Waals surface area (Å²) in [5.41, 5.74) is 0.517. The Balaban J connectivity index is 2.03. The number of carbonyl (C=O) groups excluding carboxylic acids is 1. The van der Waals surface area contributed by atoms with Gasteiger partial charge in [-0.2, -0.15) is 5.10 Å². The van der Waals surface area contributed by atoms with Crippen LogP contribution in [0.3, 0.4) is 0 Å². The first kappa shape index (κ1) is 11.8. The third kappa shape index (κ3) is 2.91. The average molecular weight is 245 g/mol. The van der Waals surface area contributed by atoms with Crippen molar-refractivity contribution in [2.75, 3.05) is 10.6 Å². The number of aryl methyl sites for hydroxylation is 1. The summed E-state index contributed by atoms with van der Waals surface area (Å²) in [6.07, 6.45) is 1.58. The van der Waals surface area contributed by atoms with E-state index in [2.05, 4.69) is 25.8 Å². The fraction of sp³-hybridized carbons (Fsp3) is 0.0909. The first-order valence-electron chi connectivity index (χ1n) is 5.20. The van der Waals surface area contributed by atoms with Crippen LogP contribution in [0.2, 0.25) is 0 Å². The Morgan fingerprint density at radius 1 is 1.28 bits per heavy atom. The molecule has 18 heavy (non-hydrogen) atoms. The van der Waals surface area contributed by atoms with Gasteiger partial charge in [0.15, 0.2) is 5.82 Å². The Kier molecular flexibility index (Phi) is 3.33. The highest BCUT2D eigenvalue weighted by Crippen LogP contribution is 2.09. The van der Waals surface area contributed by atoms with Gasteiger partial charge in [-0.25, -0.2) is 14.9 Å². The molecule has 2 aromatic heterocycles. The van der Waals surface area contributed by atoms with Crippen LogP contribution in [0.15, 0.2) is 35.3 Å². The highest BCUT2D eigenvalue weighted by molar-refractivity contribution is 5.98. The summed E-state index contributed by atoms with van der Waals surface area (Å²) in [6.45, 7) is 1.83. The number of aromatic nitrogens is 3. The number of pyridine rings is 1. The lowest BCUT2D eigenvalue weighted by Crippen LogP contribution is -2.22. The van der Waals surface area contributed by atoms with Crippen molar-refractivity contribution in [3.8, 4) is 0 Å². The summed E-state index contributed by atoms with van der Waals surface area (Å²) >= 11 is 0. The molecule has 0 atom stereocenters. The van der Waals surface area contributed by atoms with E-state index in [0.29, 0.717) is 5.82 Å². The van der Waals surface area contributed by atoms with Gasteiger partial charge in [0.2, 0.25) is 0 Å².